The van der Waals surface area contributed by atoms with E-state index in [4.69, 9.17) is 0 Å². The molecule has 0 amide bonds. The summed E-state index contributed by atoms with van der Waals surface area (Å²) in [4.78, 5) is 11.4. The Labute approximate surface area is 108 Å². The average molecular weight is 238 g/mol. The van der Waals surface area contributed by atoms with Gasteiger partial charge in [-0.15, -0.1) is 0 Å². The fourth-order valence-corrected chi connectivity index (χ4v) is 2.19. The summed E-state index contributed by atoms with van der Waals surface area (Å²) < 4.78 is 0. The number of allylic oxidation sites excluding steroid dienone is 2. The van der Waals surface area contributed by atoms with Gasteiger partial charge in [-0.05, 0) is 51.0 Å². The van der Waals surface area contributed by atoms with Gasteiger partial charge in [-0.25, -0.2) is 0 Å². The van der Waals surface area contributed by atoms with E-state index in [1.54, 1.807) is 6.92 Å². The molecular formula is C16H30O. The lowest BCUT2D eigenvalue weighted by Crippen LogP contribution is -2.03. The third-order valence-corrected chi connectivity index (χ3v) is 3.39. The number of rotatable bonds is 8. The molecule has 0 heterocycles. The smallest absolute Gasteiger partial charge is 0.155 e. The molecule has 1 heteroatoms. The number of carbonyl (C=O) groups excluding carboxylic acids is 1. The SMILES string of the molecule is CC(=O)C(CCC(C)CCCC(C)C)=C(C)C. The molecule has 0 spiro atoms. The van der Waals surface area contributed by atoms with Crippen molar-refractivity contribution in [3.05, 3.63) is 11.1 Å². The molecule has 0 aliphatic rings. The molecule has 1 atom stereocenters. The Morgan fingerprint density at radius 3 is 1.94 bits per heavy atom. The summed E-state index contributed by atoms with van der Waals surface area (Å²) in [5.74, 6) is 1.80. The number of hydrogen-bond acceptors (Lipinski definition) is 1. The van der Waals surface area contributed by atoms with Gasteiger partial charge in [0.25, 0.3) is 0 Å². The molecule has 0 saturated heterocycles. The van der Waals surface area contributed by atoms with Crippen LogP contribution in [-0.2, 0) is 4.79 Å². The minimum atomic E-state index is 0.249. The van der Waals surface area contributed by atoms with Gasteiger partial charge in [-0.3, -0.25) is 4.79 Å². The Bertz CT molecular complexity index is 257. The summed E-state index contributed by atoms with van der Waals surface area (Å²) >= 11 is 0. The number of hydrogen-bond donors (Lipinski definition) is 0. The molecule has 0 aliphatic heterocycles. The molecule has 0 aromatic rings. The molecule has 0 saturated carbocycles. The summed E-state index contributed by atoms with van der Waals surface area (Å²) in [6, 6.07) is 0. The highest BCUT2D eigenvalue weighted by Crippen LogP contribution is 2.21. The summed E-state index contributed by atoms with van der Waals surface area (Å²) in [5.41, 5.74) is 2.23. The Balaban J connectivity index is 3.94. The third-order valence-electron chi connectivity index (χ3n) is 3.39. The van der Waals surface area contributed by atoms with Gasteiger partial charge in [0.1, 0.15) is 0 Å². The predicted octanol–water partition coefficient (Wildman–Crippen LogP) is 5.15. The van der Waals surface area contributed by atoms with Crippen LogP contribution in [0.15, 0.2) is 11.1 Å². The van der Waals surface area contributed by atoms with Crippen molar-refractivity contribution in [3.8, 4) is 0 Å². The lowest BCUT2D eigenvalue weighted by atomic mass is 9.92. The number of carbonyl (C=O) groups is 1. The van der Waals surface area contributed by atoms with Gasteiger partial charge in [0.05, 0.1) is 0 Å². The quantitative estimate of drug-likeness (QED) is 0.534. The fraction of sp³-hybridized carbons (Fsp3) is 0.812. The Hall–Kier alpha value is -0.590. The number of Topliss-reactive ketones (excluding diaryl/α,β-unsaturated/α-hetero) is 1. The highest BCUT2D eigenvalue weighted by atomic mass is 16.1. The van der Waals surface area contributed by atoms with Crippen LogP contribution in [0.2, 0.25) is 0 Å². The van der Waals surface area contributed by atoms with Crippen LogP contribution in [0.5, 0.6) is 0 Å². The van der Waals surface area contributed by atoms with E-state index in [0.717, 1.165) is 30.3 Å². The zero-order chi connectivity index (χ0) is 13.4. The van der Waals surface area contributed by atoms with E-state index < -0.39 is 0 Å². The van der Waals surface area contributed by atoms with Crippen LogP contribution in [0.25, 0.3) is 0 Å². The highest BCUT2D eigenvalue weighted by Gasteiger charge is 2.09. The Morgan fingerprint density at radius 2 is 1.53 bits per heavy atom. The molecule has 17 heavy (non-hydrogen) atoms. The third kappa shape index (κ3) is 8.18. The van der Waals surface area contributed by atoms with Gasteiger partial charge in [-0.2, -0.15) is 0 Å². The maximum atomic E-state index is 11.4. The van der Waals surface area contributed by atoms with E-state index in [1.807, 2.05) is 13.8 Å². The zero-order valence-electron chi connectivity index (χ0n) is 12.6. The minimum absolute atomic E-state index is 0.249. The first-order chi connectivity index (χ1) is 7.84. The van der Waals surface area contributed by atoms with Crippen molar-refractivity contribution in [1.29, 1.82) is 0 Å². The molecule has 100 valence electrons. The highest BCUT2D eigenvalue weighted by molar-refractivity contribution is 5.93. The van der Waals surface area contributed by atoms with Crippen molar-refractivity contribution < 1.29 is 4.79 Å². The van der Waals surface area contributed by atoms with Crippen molar-refractivity contribution in [3.63, 3.8) is 0 Å². The monoisotopic (exact) mass is 238 g/mol. The average Bonchev–Trinajstić information content (AvgIpc) is 2.15. The maximum Gasteiger partial charge on any atom is 0.155 e. The van der Waals surface area contributed by atoms with E-state index in [-0.39, 0.29) is 5.78 Å². The molecular weight excluding hydrogens is 208 g/mol. The van der Waals surface area contributed by atoms with E-state index in [9.17, 15) is 4.79 Å². The summed E-state index contributed by atoms with van der Waals surface area (Å²) in [7, 11) is 0. The summed E-state index contributed by atoms with van der Waals surface area (Å²) in [6.07, 6.45) is 6.06. The molecule has 0 fully saturated rings. The lowest BCUT2D eigenvalue weighted by molar-refractivity contribution is -0.113. The van der Waals surface area contributed by atoms with Crippen LogP contribution in [0.4, 0.5) is 0 Å². The molecule has 0 N–H and O–H groups in total. The molecule has 0 radical (unpaired) electrons. The van der Waals surface area contributed by atoms with Crippen molar-refractivity contribution in [1.82, 2.24) is 0 Å². The van der Waals surface area contributed by atoms with Crippen LogP contribution >= 0.6 is 0 Å². The van der Waals surface area contributed by atoms with Crippen molar-refractivity contribution in [2.24, 2.45) is 11.8 Å². The van der Waals surface area contributed by atoms with Crippen LogP contribution in [0, 0.1) is 11.8 Å². The van der Waals surface area contributed by atoms with E-state index in [2.05, 4.69) is 20.8 Å². The van der Waals surface area contributed by atoms with Crippen LogP contribution in [0.3, 0.4) is 0 Å². The second kappa shape index (κ2) is 8.49. The number of ketones is 1. The summed E-state index contributed by atoms with van der Waals surface area (Å²) in [5, 5.41) is 0. The molecule has 0 bridgehead atoms. The van der Waals surface area contributed by atoms with Gasteiger partial charge in [-0.1, -0.05) is 45.6 Å². The second-order valence-electron chi connectivity index (χ2n) is 6.00. The van der Waals surface area contributed by atoms with Crippen molar-refractivity contribution >= 4 is 5.78 Å². The van der Waals surface area contributed by atoms with Gasteiger partial charge in [0.2, 0.25) is 0 Å². The van der Waals surface area contributed by atoms with Gasteiger partial charge in [0.15, 0.2) is 5.78 Å². The molecule has 0 aromatic carbocycles. The van der Waals surface area contributed by atoms with Crippen molar-refractivity contribution in [2.75, 3.05) is 0 Å². The lowest BCUT2D eigenvalue weighted by Gasteiger charge is -2.13. The Morgan fingerprint density at radius 1 is 0.941 bits per heavy atom. The first kappa shape index (κ1) is 16.4. The van der Waals surface area contributed by atoms with E-state index >= 15 is 0 Å². The van der Waals surface area contributed by atoms with E-state index in [0.29, 0.717) is 0 Å². The molecule has 0 rings (SSSR count). The van der Waals surface area contributed by atoms with Crippen molar-refractivity contribution in [2.45, 2.75) is 73.6 Å². The van der Waals surface area contributed by atoms with Crippen LogP contribution in [0.1, 0.15) is 73.6 Å². The first-order valence-corrected chi connectivity index (χ1v) is 7.01. The topological polar surface area (TPSA) is 17.1 Å². The molecule has 1 nitrogen and oxygen atoms in total. The first-order valence-electron chi connectivity index (χ1n) is 7.01. The van der Waals surface area contributed by atoms with Gasteiger partial charge < -0.3 is 0 Å². The van der Waals surface area contributed by atoms with Gasteiger partial charge in [0, 0.05) is 0 Å². The predicted molar refractivity (Wildman–Crippen MR) is 76.1 cm³/mol. The maximum absolute atomic E-state index is 11.4. The molecule has 0 aromatic heterocycles. The van der Waals surface area contributed by atoms with Gasteiger partial charge >= 0.3 is 0 Å². The van der Waals surface area contributed by atoms with E-state index in [1.165, 1.54) is 24.8 Å². The molecule has 1 unspecified atom stereocenters. The Kier molecular flexibility index (Phi) is 8.20. The standard InChI is InChI=1S/C16H30O/c1-12(2)8-7-9-14(5)10-11-16(13(3)4)15(6)17/h12,14H,7-11H2,1-6H3. The van der Waals surface area contributed by atoms with Crippen LogP contribution in [-0.4, -0.2) is 5.78 Å². The fourth-order valence-electron chi connectivity index (χ4n) is 2.19. The zero-order valence-corrected chi connectivity index (χ0v) is 12.6. The van der Waals surface area contributed by atoms with Crippen LogP contribution < -0.4 is 0 Å². The summed E-state index contributed by atoms with van der Waals surface area (Å²) in [6.45, 7) is 12.6. The minimum Gasteiger partial charge on any atom is -0.295 e. The normalized spacial score (nSPS) is 12.6. The largest absolute Gasteiger partial charge is 0.295 e. The second-order valence-corrected chi connectivity index (χ2v) is 6.00. The molecule has 0 aliphatic carbocycles.